The number of hydrogen-bond donors (Lipinski definition) is 2. The zero-order valence-electron chi connectivity index (χ0n) is 18.6. The number of nitrogens with zero attached hydrogens (tertiary/aromatic N) is 4. The van der Waals surface area contributed by atoms with Gasteiger partial charge in [-0.3, -0.25) is 4.79 Å². The number of aromatic amines is 2. The van der Waals surface area contributed by atoms with Crippen LogP contribution in [0.3, 0.4) is 0 Å². The molecule has 3 aromatic heterocycles. The monoisotopic (exact) mass is 490 g/mol. The smallest absolute Gasteiger partial charge is 0.227 e. The van der Waals surface area contributed by atoms with E-state index in [0.717, 1.165) is 57.1 Å². The molecule has 1 amide bonds. The molecule has 1 saturated heterocycles. The van der Waals surface area contributed by atoms with Crippen LogP contribution >= 0.6 is 22.9 Å². The van der Waals surface area contributed by atoms with E-state index in [1.165, 1.54) is 0 Å². The second kappa shape index (κ2) is 8.45. The minimum atomic E-state index is 0.0840. The molecule has 9 heteroatoms. The minimum absolute atomic E-state index is 0.0840. The summed E-state index contributed by atoms with van der Waals surface area (Å²) in [6.07, 6.45) is 2.27. The van der Waals surface area contributed by atoms with Crippen molar-refractivity contribution in [2.45, 2.75) is 19.4 Å². The number of para-hydroxylation sites is 2. The third kappa shape index (κ3) is 3.73. The number of rotatable bonds is 4. The number of halogens is 1. The summed E-state index contributed by atoms with van der Waals surface area (Å²) >= 11 is 7.79. The highest BCUT2D eigenvalue weighted by atomic mass is 35.5. The molecule has 2 N–H and O–H groups in total. The van der Waals surface area contributed by atoms with Crippen LogP contribution in [0.15, 0.2) is 54.2 Å². The van der Waals surface area contributed by atoms with E-state index in [2.05, 4.69) is 26.8 Å². The molecule has 0 radical (unpaired) electrons. The lowest BCUT2D eigenvalue weighted by Crippen LogP contribution is -2.54. The average Bonchev–Trinajstić information content (AvgIpc) is 3.57. The lowest BCUT2D eigenvalue weighted by molar-refractivity contribution is -0.132. The molecular formula is C25H23ClN6OS. The number of anilines is 1. The minimum Gasteiger partial charge on any atom is -0.361 e. The van der Waals surface area contributed by atoms with Gasteiger partial charge in [0.05, 0.1) is 23.0 Å². The topological polar surface area (TPSA) is 80.9 Å². The summed E-state index contributed by atoms with van der Waals surface area (Å²) in [5, 5.41) is 2.77. The van der Waals surface area contributed by atoms with Gasteiger partial charge in [0.25, 0.3) is 0 Å². The van der Waals surface area contributed by atoms with Crippen LogP contribution in [0, 0.1) is 0 Å². The van der Waals surface area contributed by atoms with Gasteiger partial charge >= 0.3 is 0 Å². The molecule has 6 rings (SSSR count). The van der Waals surface area contributed by atoms with Gasteiger partial charge in [-0.2, -0.15) is 0 Å². The van der Waals surface area contributed by atoms with Crippen molar-refractivity contribution in [2.24, 2.45) is 0 Å². The molecule has 172 valence electrons. The Morgan fingerprint density at radius 2 is 2.09 bits per heavy atom. The average molecular weight is 491 g/mol. The third-order valence-corrected chi connectivity index (χ3v) is 7.59. The van der Waals surface area contributed by atoms with E-state index in [1.807, 2.05) is 59.1 Å². The predicted molar refractivity (Wildman–Crippen MR) is 138 cm³/mol. The zero-order chi connectivity index (χ0) is 23.2. The third-order valence-electron chi connectivity index (χ3n) is 6.47. The number of aromatic nitrogens is 4. The molecule has 1 unspecified atom stereocenters. The van der Waals surface area contributed by atoms with Crippen molar-refractivity contribution >= 4 is 55.8 Å². The van der Waals surface area contributed by atoms with Crippen molar-refractivity contribution in [3.05, 3.63) is 64.8 Å². The van der Waals surface area contributed by atoms with Gasteiger partial charge in [0.15, 0.2) is 5.82 Å². The normalized spacial score (nSPS) is 16.6. The summed E-state index contributed by atoms with van der Waals surface area (Å²) in [4.78, 5) is 33.5. The Morgan fingerprint density at radius 3 is 2.94 bits per heavy atom. The molecule has 0 bridgehead atoms. The number of imidazole rings is 1. The van der Waals surface area contributed by atoms with E-state index < -0.39 is 0 Å². The molecule has 1 fully saturated rings. The lowest BCUT2D eigenvalue weighted by atomic mass is 10.1. The van der Waals surface area contributed by atoms with Gasteiger partial charge in [0.2, 0.25) is 5.91 Å². The Balaban J connectivity index is 1.18. The molecule has 1 atom stereocenters. The van der Waals surface area contributed by atoms with Crippen molar-refractivity contribution in [1.29, 1.82) is 0 Å². The molecule has 1 aliphatic rings. The van der Waals surface area contributed by atoms with E-state index >= 15 is 0 Å². The maximum atomic E-state index is 13.2. The maximum absolute atomic E-state index is 13.2. The summed E-state index contributed by atoms with van der Waals surface area (Å²) in [6, 6.07) is 13.8. The Labute approximate surface area is 205 Å². The number of carbonyl (C=O) groups excluding carboxylic acids is 1. The highest BCUT2D eigenvalue weighted by molar-refractivity contribution is 7.14. The summed E-state index contributed by atoms with van der Waals surface area (Å²) in [7, 11) is 0. The van der Waals surface area contributed by atoms with Crippen molar-refractivity contribution in [3.63, 3.8) is 0 Å². The number of thiazole rings is 1. The molecule has 0 saturated carbocycles. The lowest BCUT2D eigenvalue weighted by Gasteiger charge is -2.40. The van der Waals surface area contributed by atoms with Crippen LogP contribution in [0.2, 0.25) is 5.02 Å². The number of piperazine rings is 1. The number of hydrogen-bond acceptors (Lipinski definition) is 5. The number of carbonyl (C=O) groups is 1. The second-order valence-electron chi connectivity index (χ2n) is 8.67. The first-order valence-corrected chi connectivity index (χ1v) is 12.5. The fraction of sp³-hybridized carbons (Fsp3) is 0.240. The summed E-state index contributed by atoms with van der Waals surface area (Å²) < 4.78 is 0. The largest absolute Gasteiger partial charge is 0.361 e. The van der Waals surface area contributed by atoms with Gasteiger partial charge in [0, 0.05) is 47.8 Å². The molecule has 1 aliphatic heterocycles. The molecule has 2 aromatic carbocycles. The van der Waals surface area contributed by atoms with Gasteiger partial charge in [0.1, 0.15) is 10.7 Å². The van der Waals surface area contributed by atoms with Crippen LogP contribution in [0.5, 0.6) is 0 Å². The summed E-state index contributed by atoms with van der Waals surface area (Å²) in [5.41, 5.74) is 6.63. The first-order chi connectivity index (χ1) is 16.6. The number of H-pyrrole nitrogens is 2. The van der Waals surface area contributed by atoms with Crippen LogP contribution in [0.4, 0.5) is 5.00 Å². The Bertz CT molecular complexity index is 1470. The number of benzene rings is 2. The number of nitrogens with one attached hydrogen (secondary N) is 2. The van der Waals surface area contributed by atoms with Gasteiger partial charge < -0.3 is 19.8 Å². The van der Waals surface area contributed by atoms with Crippen LogP contribution in [0.25, 0.3) is 33.5 Å². The first kappa shape index (κ1) is 21.2. The highest BCUT2D eigenvalue weighted by Gasteiger charge is 2.30. The fourth-order valence-electron chi connectivity index (χ4n) is 4.77. The van der Waals surface area contributed by atoms with Gasteiger partial charge in [-0.25, -0.2) is 9.97 Å². The van der Waals surface area contributed by atoms with Crippen LogP contribution in [-0.2, 0) is 11.2 Å². The second-order valence-corrected chi connectivity index (χ2v) is 9.94. The highest BCUT2D eigenvalue weighted by Crippen LogP contribution is 2.34. The SMILES string of the molecule is CC1CN(c2scnc2-c2nc3ccccc3[nH]2)CCN1C(=O)Cc1c[nH]c2ccc(Cl)cc12. The van der Waals surface area contributed by atoms with Crippen molar-refractivity contribution < 1.29 is 4.79 Å². The Kier molecular flexibility index (Phi) is 5.27. The zero-order valence-corrected chi connectivity index (χ0v) is 20.2. The van der Waals surface area contributed by atoms with Gasteiger partial charge in [-0.15, -0.1) is 11.3 Å². The number of fused-ring (bicyclic) bond motifs is 2. The van der Waals surface area contributed by atoms with Gasteiger partial charge in [-0.05, 0) is 42.8 Å². The standard InChI is InChI=1S/C25H23ClN6OS/c1-15-13-31(25-23(28-14-34-25)24-29-20-4-2-3-5-21(20)30-24)8-9-32(15)22(33)10-16-12-27-19-7-6-17(26)11-18(16)19/h2-7,11-12,14-15,27H,8-10,13H2,1H3,(H,29,30). The van der Waals surface area contributed by atoms with E-state index in [0.29, 0.717) is 18.0 Å². The van der Waals surface area contributed by atoms with E-state index in [1.54, 1.807) is 11.3 Å². The van der Waals surface area contributed by atoms with Crippen LogP contribution in [0.1, 0.15) is 12.5 Å². The Morgan fingerprint density at radius 1 is 1.21 bits per heavy atom. The molecule has 4 heterocycles. The molecule has 5 aromatic rings. The van der Waals surface area contributed by atoms with E-state index in [4.69, 9.17) is 16.6 Å². The molecule has 7 nitrogen and oxygen atoms in total. The summed E-state index contributed by atoms with van der Waals surface area (Å²) in [5.74, 6) is 0.913. The molecule has 0 spiro atoms. The molecule has 0 aliphatic carbocycles. The molecule has 34 heavy (non-hydrogen) atoms. The van der Waals surface area contributed by atoms with Crippen molar-refractivity contribution in [1.82, 2.24) is 24.8 Å². The van der Waals surface area contributed by atoms with E-state index in [-0.39, 0.29) is 11.9 Å². The number of amides is 1. The van der Waals surface area contributed by atoms with Crippen molar-refractivity contribution in [3.8, 4) is 11.5 Å². The maximum Gasteiger partial charge on any atom is 0.227 e. The van der Waals surface area contributed by atoms with Gasteiger partial charge in [-0.1, -0.05) is 23.7 Å². The van der Waals surface area contributed by atoms with E-state index in [9.17, 15) is 4.79 Å². The molecular weight excluding hydrogens is 468 g/mol. The Hall–Kier alpha value is -3.36. The summed E-state index contributed by atoms with van der Waals surface area (Å²) in [6.45, 7) is 4.28. The quantitative estimate of drug-likeness (QED) is 0.367. The van der Waals surface area contributed by atoms with Crippen LogP contribution < -0.4 is 4.90 Å². The van der Waals surface area contributed by atoms with Crippen LogP contribution in [-0.4, -0.2) is 56.4 Å². The predicted octanol–water partition coefficient (Wildman–Crippen LogP) is 5.10. The first-order valence-electron chi connectivity index (χ1n) is 11.3. The van der Waals surface area contributed by atoms with Crippen molar-refractivity contribution in [2.75, 3.05) is 24.5 Å². The fourth-order valence-corrected chi connectivity index (χ4v) is 5.77.